The largest absolute Gasteiger partial charge is 0.460 e. The van der Waals surface area contributed by atoms with Gasteiger partial charge < -0.3 is 0 Å². The summed E-state index contributed by atoms with van der Waals surface area (Å²) in [7, 11) is -7.65. The van der Waals surface area contributed by atoms with Gasteiger partial charge in [0.2, 0.25) is 9.84 Å². The monoisotopic (exact) mass is 416 g/mol. The molecule has 0 amide bonds. The molecule has 0 aliphatic carbocycles. The lowest BCUT2D eigenvalue weighted by atomic mass is 10.0. The summed E-state index contributed by atoms with van der Waals surface area (Å²) in [6, 6.07) is 0. The summed E-state index contributed by atoms with van der Waals surface area (Å²) in [4.78, 5) is 0. The number of hydrogen-bond donors (Lipinski definition) is 0. The second kappa shape index (κ2) is 5.48. The minimum atomic E-state index is -8.10. The molecule has 0 spiro atoms. The molecule has 0 bridgehead atoms. The van der Waals surface area contributed by atoms with Crippen molar-refractivity contribution in [3.05, 3.63) is 0 Å². The third-order valence-electron chi connectivity index (χ3n) is 2.25. The van der Waals surface area contributed by atoms with Crippen molar-refractivity contribution in [2.75, 3.05) is 5.75 Å². The first-order valence-corrected chi connectivity index (χ1v) is 6.48. The molecule has 0 aromatic carbocycles. The zero-order valence-corrected chi connectivity index (χ0v) is 11.0. The SMILES string of the molecule is O=S(=O)(CC(F)(F)F)C(F)(F)C(F)(F)C(F)(F)C(F)(F)C(F)(F)F. The number of rotatable bonds is 5. The molecular formula is C7H2F14O2S. The summed E-state index contributed by atoms with van der Waals surface area (Å²) in [5.41, 5.74) is 0. The maximum absolute atomic E-state index is 12.9. The van der Waals surface area contributed by atoms with Crippen LogP contribution in [-0.2, 0) is 9.84 Å². The Balaban J connectivity index is 6.32. The standard InChI is InChI=1S/C7H2F14O2S/c8-2(9,10)1-24(22,23)7(20,21)5(15,16)3(11,12)4(13,14)6(17,18)19/h1H2. The van der Waals surface area contributed by atoms with Gasteiger partial charge in [0.1, 0.15) is 0 Å². The first-order valence-electron chi connectivity index (χ1n) is 4.83. The summed E-state index contributed by atoms with van der Waals surface area (Å²) in [5.74, 6) is -27.9. The molecule has 0 aliphatic rings. The molecule has 0 aromatic heterocycles. The van der Waals surface area contributed by atoms with Gasteiger partial charge in [-0.3, -0.25) is 0 Å². The van der Waals surface area contributed by atoms with E-state index in [9.17, 15) is 69.9 Å². The van der Waals surface area contributed by atoms with Gasteiger partial charge in [-0.1, -0.05) is 0 Å². The van der Waals surface area contributed by atoms with Crippen LogP contribution in [0.3, 0.4) is 0 Å². The molecule has 0 heterocycles. The van der Waals surface area contributed by atoms with Gasteiger partial charge >= 0.3 is 35.4 Å². The van der Waals surface area contributed by atoms with Crippen LogP contribution in [-0.4, -0.2) is 49.5 Å². The molecule has 0 saturated heterocycles. The number of alkyl halides is 14. The van der Waals surface area contributed by atoms with Crippen molar-refractivity contribution >= 4 is 9.84 Å². The van der Waals surface area contributed by atoms with E-state index in [2.05, 4.69) is 0 Å². The van der Waals surface area contributed by atoms with E-state index < -0.39 is 51.0 Å². The van der Waals surface area contributed by atoms with Gasteiger partial charge in [0, 0.05) is 0 Å². The Morgan fingerprint density at radius 1 is 0.542 bits per heavy atom. The minimum Gasteiger partial charge on any atom is -0.222 e. The molecule has 0 aliphatic heterocycles. The molecule has 0 saturated carbocycles. The van der Waals surface area contributed by atoms with E-state index in [4.69, 9.17) is 0 Å². The van der Waals surface area contributed by atoms with Crippen LogP contribution in [0.5, 0.6) is 0 Å². The molecule has 0 aromatic rings. The molecule has 0 fully saturated rings. The fraction of sp³-hybridized carbons (Fsp3) is 1.00. The lowest BCUT2D eigenvalue weighted by Gasteiger charge is -2.36. The van der Waals surface area contributed by atoms with E-state index in [1.807, 2.05) is 0 Å². The van der Waals surface area contributed by atoms with Crippen molar-refractivity contribution in [1.29, 1.82) is 0 Å². The fourth-order valence-electron chi connectivity index (χ4n) is 1.06. The van der Waals surface area contributed by atoms with Crippen LogP contribution in [0.1, 0.15) is 0 Å². The highest BCUT2D eigenvalue weighted by Crippen LogP contribution is 2.58. The highest BCUT2D eigenvalue weighted by molar-refractivity contribution is 7.92. The zero-order chi connectivity index (χ0) is 20.2. The Hall–Kier alpha value is -1.03. The molecule has 0 rings (SSSR count). The van der Waals surface area contributed by atoms with E-state index in [0.29, 0.717) is 0 Å². The van der Waals surface area contributed by atoms with Gasteiger partial charge in [0.05, 0.1) is 0 Å². The number of sulfone groups is 1. The van der Waals surface area contributed by atoms with E-state index in [-0.39, 0.29) is 0 Å². The van der Waals surface area contributed by atoms with Crippen LogP contribution in [0.15, 0.2) is 0 Å². The van der Waals surface area contributed by atoms with Gasteiger partial charge in [0.25, 0.3) is 0 Å². The average Bonchev–Trinajstić information content (AvgIpc) is 2.22. The number of hydrogen-bond acceptors (Lipinski definition) is 2. The summed E-state index contributed by atoms with van der Waals surface area (Å²) in [6.07, 6.45) is -13.8. The average molecular weight is 416 g/mol. The lowest BCUT2D eigenvalue weighted by Crippen LogP contribution is -2.68. The van der Waals surface area contributed by atoms with Crippen LogP contribution in [0.2, 0.25) is 0 Å². The van der Waals surface area contributed by atoms with Crippen molar-refractivity contribution in [3.63, 3.8) is 0 Å². The quantitative estimate of drug-likeness (QED) is 0.635. The molecule has 0 atom stereocenters. The van der Waals surface area contributed by atoms with Crippen molar-refractivity contribution in [2.45, 2.75) is 35.4 Å². The number of halogens is 14. The highest BCUT2D eigenvalue weighted by Gasteiger charge is 2.89. The van der Waals surface area contributed by atoms with Gasteiger partial charge in [-0.2, -0.15) is 61.5 Å². The van der Waals surface area contributed by atoms with Gasteiger partial charge in [-0.05, 0) is 0 Å². The molecular weight excluding hydrogens is 414 g/mol. The van der Waals surface area contributed by atoms with Crippen molar-refractivity contribution in [2.24, 2.45) is 0 Å². The van der Waals surface area contributed by atoms with Crippen molar-refractivity contribution in [1.82, 2.24) is 0 Å². The third-order valence-corrected chi connectivity index (χ3v) is 4.00. The van der Waals surface area contributed by atoms with Crippen LogP contribution in [0.4, 0.5) is 61.5 Å². The van der Waals surface area contributed by atoms with Crippen LogP contribution in [0.25, 0.3) is 0 Å². The minimum absolute atomic E-state index is 3.88. The Bertz CT molecular complexity index is 567. The summed E-state index contributed by atoms with van der Waals surface area (Å²) >= 11 is 0. The first-order chi connectivity index (χ1) is 9.96. The summed E-state index contributed by atoms with van der Waals surface area (Å²) < 4.78 is 193. The van der Waals surface area contributed by atoms with Gasteiger partial charge in [0.15, 0.2) is 5.75 Å². The van der Waals surface area contributed by atoms with Gasteiger partial charge in [-0.15, -0.1) is 0 Å². The second-order valence-electron chi connectivity index (χ2n) is 4.11. The lowest BCUT2D eigenvalue weighted by molar-refractivity contribution is -0.413. The van der Waals surface area contributed by atoms with Crippen LogP contribution < -0.4 is 0 Å². The predicted molar refractivity (Wildman–Crippen MR) is 45.7 cm³/mol. The van der Waals surface area contributed by atoms with E-state index >= 15 is 0 Å². The molecule has 24 heavy (non-hydrogen) atoms. The molecule has 0 radical (unpaired) electrons. The van der Waals surface area contributed by atoms with Crippen molar-refractivity contribution < 1.29 is 69.9 Å². The van der Waals surface area contributed by atoms with Crippen LogP contribution >= 0.6 is 0 Å². The molecule has 17 heteroatoms. The topological polar surface area (TPSA) is 34.1 Å². The van der Waals surface area contributed by atoms with Crippen LogP contribution in [0, 0.1) is 0 Å². The van der Waals surface area contributed by atoms with Gasteiger partial charge in [-0.25, -0.2) is 8.42 Å². The molecule has 146 valence electrons. The molecule has 0 unspecified atom stereocenters. The Kier molecular flexibility index (Phi) is 5.25. The van der Waals surface area contributed by atoms with E-state index in [1.165, 1.54) is 0 Å². The normalized spacial score (nSPS) is 16.4. The molecule has 2 nitrogen and oxygen atoms in total. The summed E-state index contributed by atoms with van der Waals surface area (Å²) in [5, 5.41) is -7.60. The third kappa shape index (κ3) is 3.35. The second-order valence-corrected chi connectivity index (χ2v) is 6.14. The highest BCUT2D eigenvalue weighted by atomic mass is 32.2. The smallest absolute Gasteiger partial charge is 0.222 e. The maximum Gasteiger partial charge on any atom is 0.460 e. The van der Waals surface area contributed by atoms with E-state index in [0.717, 1.165) is 0 Å². The Morgan fingerprint density at radius 3 is 1.12 bits per heavy atom. The van der Waals surface area contributed by atoms with E-state index in [1.54, 1.807) is 0 Å². The zero-order valence-electron chi connectivity index (χ0n) is 10.2. The predicted octanol–water partition coefficient (Wildman–Crippen LogP) is 4.02. The Morgan fingerprint density at radius 2 is 0.875 bits per heavy atom. The Labute approximate surface area is 122 Å². The fourth-order valence-corrected chi connectivity index (χ4v) is 2.19. The molecule has 0 N–H and O–H groups in total. The summed E-state index contributed by atoms with van der Waals surface area (Å²) in [6.45, 7) is 0. The maximum atomic E-state index is 12.9. The first kappa shape index (κ1) is 23.0. The van der Waals surface area contributed by atoms with Crippen molar-refractivity contribution in [3.8, 4) is 0 Å².